The molecule has 0 saturated heterocycles. The third-order valence-electron chi connectivity index (χ3n) is 4.93. The lowest BCUT2D eigenvalue weighted by molar-refractivity contribution is 0.102. The van der Waals surface area contributed by atoms with Crippen LogP contribution in [0.5, 0.6) is 5.75 Å². The van der Waals surface area contributed by atoms with Gasteiger partial charge in [0.05, 0.1) is 5.69 Å². The van der Waals surface area contributed by atoms with Crippen LogP contribution in [0.2, 0.25) is 0 Å². The highest BCUT2D eigenvalue weighted by Crippen LogP contribution is 2.22. The third-order valence-corrected chi connectivity index (χ3v) is 5.65. The molecular weight excluding hydrogens is 511 g/mol. The van der Waals surface area contributed by atoms with E-state index in [9.17, 15) is 9.90 Å². The summed E-state index contributed by atoms with van der Waals surface area (Å²) in [5.74, 6) is 0.0322. The molecule has 0 unspecified atom stereocenters. The summed E-state index contributed by atoms with van der Waals surface area (Å²) in [7, 11) is 0. The van der Waals surface area contributed by atoms with Gasteiger partial charge < -0.3 is 10.4 Å². The summed E-state index contributed by atoms with van der Waals surface area (Å²) < 4.78 is 1.08. The predicted octanol–water partition coefficient (Wildman–Crippen LogP) is 6.59. The lowest BCUT2D eigenvalue weighted by Gasteiger charge is -2.06. The minimum absolute atomic E-state index is 0.155. The number of benzene rings is 4. The van der Waals surface area contributed by atoms with Gasteiger partial charge in [0.2, 0.25) is 0 Å². The molecule has 0 heterocycles. The number of halogens is 1. The van der Waals surface area contributed by atoms with Gasteiger partial charge in [-0.2, -0.15) is 0 Å². The quantitative estimate of drug-likeness (QED) is 0.218. The maximum Gasteiger partial charge on any atom is 0.255 e. The maximum atomic E-state index is 12.4. The Hall–Kier alpha value is -3.45. The summed E-state index contributed by atoms with van der Waals surface area (Å²) in [5.41, 5.74) is 5.01. The number of phenols is 1. The van der Waals surface area contributed by atoms with Gasteiger partial charge in [0, 0.05) is 26.6 Å². The molecule has 0 spiro atoms. The van der Waals surface area contributed by atoms with Gasteiger partial charge in [-0.25, -0.2) is 0 Å². The van der Waals surface area contributed by atoms with Crippen molar-refractivity contribution < 1.29 is 9.90 Å². The Morgan fingerprint density at radius 3 is 2.31 bits per heavy atom. The van der Waals surface area contributed by atoms with Crippen LogP contribution in [0.1, 0.15) is 27.0 Å². The second-order valence-corrected chi connectivity index (χ2v) is 8.57. The summed E-state index contributed by atoms with van der Waals surface area (Å²) >= 11 is 2.21. The first kappa shape index (κ1) is 21.8. The molecular formula is C27H21IN2O2. The van der Waals surface area contributed by atoms with E-state index in [-0.39, 0.29) is 11.7 Å². The third kappa shape index (κ3) is 5.82. The van der Waals surface area contributed by atoms with Crippen LogP contribution in [-0.4, -0.2) is 17.2 Å². The van der Waals surface area contributed by atoms with Crippen LogP contribution in [0.25, 0.3) is 0 Å². The van der Waals surface area contributed by atoms with Crippen LogP contribution in [0.4, 0.5) is 11.4 Å². The van der Waals surface area contributed by atoms with Crippen molar-refractivity contribution in [2.45, 2.75) is 6.42 Å². The van der Waals surface area contributed by atoms with Crippen LogP contribution < -0.4 is 5.32 Å². The number of anilines is 1. The SMILES string of the molecule is O=C(Nc1ccc(N=Cc2cc(Cc3ccccc3)ccc2O)cc1)c1ccc(I)cc1. The molecule has 2 N–H and O–H groups in total. The van der Waals surface area contributed by atoms with E-state index in [0.717, 1.165) is 21.2 Å². The van der Waals surface area contributed by atoms with E-state index in [2.05, 4.69) is 45.0 Å². The number of hydrogen-bond donors (Lipinski definition) is 2. The Labute approximate surface area is 200 Å². The molecule has 0 radical (unpaired) electrons. The van der Waals surface area contributed by atoms with Crippen molar-refractivity contribution in [2.75, 3.05) is 5.32 Å². The van der Waals surface area contributed by atoms with Gasteiger partial charge >= 0.3 is 0 Å². The molecule has 0 aliphatic heterocycles. The normalized spacial score (nSPS) is 10.9. The number of carbonyl (C=O) groups excluding carboxylic acids is 1. The highest BCUT2D eigenvalue weighted by atomic mass is 127. The highest BCUT2D eigenvalue weighted by molar-refractivity contribution is 14.1. The lowest BCUT2D eigenvalue weighted by Crippen LogP contribution is -2.11. The standard InChI is InChI=1S/C27H21IN2O2/c28-23-9-7-21(8-10-23)27(32)30-25-13-11-24(12-14-25)29-18-22-17-20(6-15-26(22)31)16-19-4-2-1-3-5-19/h1-15,17-18,31H,16H2,(H,30,32). The van der Waals surface area contributed by atoms with Gasteiger partial charge in [0.1, 0.15) is 5.75 Å². The fourth-order valence-electron chi connectivity index (χ4n) is 3.23. The number of nitrogens with zero attached hydrogens (tertiary/aromatic N) is 1. The van der Waals surface area contributed by atoms with Crippen molar-refractivity contribution in [2.24, 2.45) is 4.99 Å². The molecule has 4 rings (SSSR count). The number of aromatic hydroxyl groups is 1. The van der Waals surface area contributed by atoms with Gasteiger partial charge in [-0.05, 0) is 101 Å². The Kier molecular flexibility index (Phi) is 6.97. The summed E-state index contributed by atoms with van der Waals surface area (Å²) in [6.45, 7) is 0. The van der Waals surface area contributed by atoms with Crippen molar-refractivity contribution in [3.05, 3.63) is 123 Å². The van der Waals surface area contributed by atoms with Crippen molar-refractivity contribution >= 4 is 46.1 Å². The lowest BCUT2D eigenvalue weighted by atomic mass is 10.0. The van der Waals surface area contributed by atoms with E-state index in [0.29, 0.717) is 16.8 Å². The molecule has 158 valence electrons. The van der Waals surface area contributed by atoms with Gasteiger partial charge in [-0.15, -0.1) is 0 Å². The number of nitrogens with one attached hydrogen (secondary N) is 1. The molecule has 0 aliphatic rings. The van der Waals surface area contributed by atoms with Crippen LogP contribution in [-0.2, 0) is 6.42 Å². The Morgan fingerprint density at radius 1 is 0.875 bits per heavy atom. The number of phenolic OH excluding ortho intramolecular Hbond substituents is 1. The topological polar surface area (TPSA) is 61.7 Å². The summed E-state index contributed by atoms with van der Waals surface area (Å²) in [4.78, 5) is 16.8. The number of carbonyl (C=O) groups is 1. The molecule has 4 nitrogen and oxygen atoms in total. The zero-order valence-electron chi connectivity index (χ0n) is 17.2. The minimum Gasteiger partial charge on any atom is -0.507 e. The van der Waals surface area contributed by atoms with Gasteiger partial charge in [-0.1, -0.05) is 36.4 Å². The smallest absolute Gasteiger partial charge is 0.255 e. The van der Waals surface area contributed by atoms with E-state index in [1.54, 1.807) is 24.4 Å². The van der Waals surface area contributed by atoms with Crippen LogP contribution in [0.3, 0.4) is 0 Å². The van der Waals surface area contributed by atoms with Crippen molar-refractivity contribution in [1.82, 2.24) is 0 Å². The number of hydrogen-bond acceptors (Lipinski definition) is 3. The molecule has 0 saturated carbocycles. The molecule has 0 aliphatic carbocycles. The first-order valence-corrected chi connectivity index (χ1v) is 11.2. The van der Waals surface area contributed by atoms with Crippen molar-refractivity contribution in [3.8, 4) is 5.75 Å². The molecule has 32 heavy (non-hydrogen) atoms. The first-order chi connectivity index (χ1) is 15.6. The average Bonchev–Trinajstić information content (AvgIpc) is 2.81. The molecule has 0 bridgehead atoms. The zero-order valence-corrected chi connectivity index (χ0v) is 19.4. The molecule has 0 aromatic heterocycles. The highest BCUT2D eigenvalue weighted by Gasteiger charge is 2.06. The fourth-order valence-corrected chi connectivity index (χ4v) is 3.59. The molecule has 0 atom stereocenters. The Bertz CT molecular complexity index is 1240. The van der Waals surface area contributed by atoms with Crippen LogP contribution >= 0.6 is 22.6 Å². The van der Waals surface area contributed by atoms with Crippen molar-refractivity contribution in [3.63, 3.8) is 0 Å². The summed E-state index contributed by atoms with van der Waals surface area (Å²) in [6, 6.07) is 30.4. The molecule has 1 amide bonds. The molecule has 4 aromatic rings. The van der Waals surface area contributed by atoms with E-state index in [4.69, 9.17) is 0 Å². The van der Waals surface area contributed by atoms with Gasteiger partial charge in [0.15, 0.2) is 0 Å². The Balaban J connectivity index is 1.43. The van der Waals surface area contributed by atoms with Crippen molar-refractivity contribution in [1.29, 1.82) is 0 Å². The Morgan fingerprint density at radius 2 is 1.59 bits per heavy atom. The minimum atomic E-state index is -0.155. The van der Waals surface area contributed by atoms with E-state index in [1.165, 1.54) is 5.56 Å². The maximum absolute atomic E-state index is 12.4. The second kappa shape index (κ2) is 10.2. The van der Waals surface area contributed by atoms with E-state index < -0.39 is 0 Å². The fraction of sp³-hybridized carbons (Fsp3) is 0.0370. The first-order valence-electron chi connectivity index (χ1n) is 10.1. The predicted molar refractivity (Wildman–Crippen MR) is 138 cm³/mol. The molecule has 4 aromatic carbocycles. The molecule has 0 fully saturated rings. The van der Waals surface area contributed by atoms with Crippen LogP contribution in [0.15, 0.2) is 102 Å². The molecule has 5 heteroatoms. The van der Waals surface area contributed by atoms with E-state index in [1.807, 2.05) is 66.7 Å². The van der Waals surface area contributed by atoms with Gasteiger partial charge in [0.25, 0.3) is 5.91 Å². The number of amides is 1. The average molecular weight is 532 g/mol. The summed E-state index contributed by atoms with van der Waals surface area (Å²) in [5, 5.41) is 13.1. The van der Waals surface area contributed by atoms with Gasteiger partial charge in [-0.3, -0.25) is 9.79 Å². The van der Waals surface area contributed by atoms with Crippen LogP contribution in [0, 0.1) is 3.57 Å². The number of aliphatic imine (C=N–C) groups is 1. The van der Waals surface area contributed by atoms with E-state index >= 15 is 0 Å². The summed E-state index contributed by atoms with van der Waals surface area (Å²) in [6.07, 6.45) is 2.44. The second-order valence-electron chi connectivity index (χ2n) is 7.32. The zero-order chi connectivity index (χ0) is 22.3. The monoisotopic (exact) mass is 532 g/mol. The largest absolute Gasteiger partial charge is 0.507 e. The number of rotatable bonds is 6.